The normalized spacial score (nSPS) is 10.8. The molecular weight excluding hydrogens is 422 g/mol. The maximum absolute atomic E-state index is 12.8. The number of fused-ring (bicyclic) bond motifs is 2. The number of benzene rings is 4. The lowest BCUT2D eigenvalue weighted by atomic mass is 10.0. The number of amides is 2. The van der Waals surface area contributed by atoms with E-state index in [1.807, 2.05) is 84.9 Å². The number of nitrogens with one attached hydrogen (secondary N) is 2. The summed E-state index contributed by atoms with van der Waals surface area (Å²) >= 11 is 0. The molecule has 5 rings (SSSR count). The Morgan fingerprint density at radius 2 is 1.15 bits per heavy atom. The van der Waals surface area contributed by atoms with Crippen LogP contribution in [0.3, 0.4) is 0 Å². The van der Waals surface area contributed by atoms with Crippen LogP contribution in [0.4, 0.5) is 0 Å². The van der Waals surface area contributed by atoms with Crippen LogP contribution in [-0.4, -0.2) is 16.8 Å². The number of carbonyl (C=O) groups excluding carboxylic acids is 2. The average Bonchev–Trinajstić information content (AvgIpc) is 2.90. The third-order valence-corrected chi connectivity index (χ3v) is 5.89. The summed E-state index contributed by atoms with van der Waals surface area (Å²) in [6, 6.07) is 31.3. The van der Waals surface area contributed by atoms with E-state index in [1.54, 1.807) is 6.07 Å². The van der Waals surface area contributed by atoms with Crippen molar-refractivity contribution in [3.8, 4) is 0 Å². The fourth-order valence-electron chi connectivity index (χ4n) is 4.13. The van der Waals surface area contributed by atoms with E-state index in [2.05, 4.69) is 15.6 Å². The van der Waals surface area contributed by atoms with Crippen molar-refractivity contribution in [2.45, 2.75) is 13.1 Å². The molecule has 0 radical (unpaired) electrons. The zero-order valence-corrected chi connectivity index (χ0v) is 18.5. The Bertz CT molecular complexity index is 1390. The molecule has 166 valence electrons. The van der Waals surface area contributed by atoms with Gasteiger partial charge in [-0.05, 0) is 44.8 Å². The first-order valence-electron chi connectivity index (χ1n) is 11.1. The molecule has 34 heavy (non-hydrogen) atoms. The molecule has 0 aliphatic rings. The second kappa shape index (κ2) is 9.55. The number of hydrogen-bond acceptors (Lipinski definition) is 3. The van der Waals surface area contributed by atoms with E-state index in [-0.39, 0.29) is 17.5 Å². The maximum Gasteiger partial charge on any atom is 0.270 e. The largest absolute Gasteiger partial charge is 0.348 e. The average molecular weight is 446 g/mol. The molecule has 0 atom stereocenters. The summed E-state index contributed by atoms with van der Waals surface area (Å²) in [6.07, 6.45) is 1.49. The summed E-state index contributed by atoms with van der Waals surface area (Å²) < 4.78 is 0. The number of carbonyl (C=O) groups is 2. The SMILES string of the molecule is O=C(NCc1cccc2ccccc12)c1ccnc(C(=O)NCc2cccc3ccccc23)c1. The highest BCUT2D eigenvalue weighted by Gasteiger charge is 2.13. The van der Waals surface area contributed by atoms with Gasteiger partial charge in [-0.3, -0.25) is 14.6 Å². The number of pyridine rings is 1. The Hall–Kier alpha value is -4.51. The predicted molar refractivity (Wildman–Crippen MR) is 134 cm³/mol. The van der Waals surface area contributed by atoms with Crippen molar-refractivity contribution in [1.29, 1.82) is 0 Å². The second-order valence-electron chi connectivity index (χ2n) is 8.07. The Balaban J connectivity index is 1.26. The highest BCUT2D eigenvalue weighted by Crippen LogP contribution is 2.19. The fraction of sp³-hybridized carbons (Fsp3) is 0.0690. The standard InChI is InChI=1S/C29H23N3O2/c33-28(31-18-23-11-5-9-20-7-1-3-13-25(20)23)22-15-16-30-27(17-22)29(34)32-19-24-12-6-10-21-8-2-4-14-26(21)24/h1-17H,18-19H2,(H,31,33)(H,32,34). The van der Waals surface area contributed by atoms with Gasteiger partial charge in [0, 0.05) is 24.8 Å². The van der Waals surface area contributed by atoms with Gasteiger partial charge in [0.25, 0.3) is 11.8 Å². The predicted octanol–water partition coefficient (Wildman–Crippen LogP) is 5.25. The van der Waals surface area contributed by atoms with Gasteiger partial charge in [0.1, 0.15) is 5.69 Å². The van der Waals surface area contributed by atoms with E-state index >= 15 is 0 Å². The van der Waals surface area contributed by atoms with Crippen LogP contribution < -0.4 is 10.6 Å². The van der Waals surface area contributed by atoms with E-state index < -0.39 is 0 Å². The van der Waals surface area contributed by atoms with Crippen LogP contribution in [0.2, 0.25) is 0 Å². The Morgan fingerprint density at radius 3 is 1.76 bits per heavy atom. The minimum Gasteiger partial charge on any atom is -0.348 e. The third-order valence-electron chi connectivity index (χ3n) is 5.89. The minimum absolute atomic E-state index is 0.207. The Labute approximate surface area is 197 Å². The lowest BCUT2D eigenvalue weighted by Crippen LogP contribution is -2.26. The molecule has 5 aromatic rings. The van der Waals surface area contributed by atoms with Crippen molar-refractivity contribution in [1.82, 2.24) is 15.6 Å². The first kappa shape index (κ1) is 21.3. The summed E-state index contributed by atoms with van der Waals surface area (Å²) in [5.41, 5.74) is 2.66. The molecule has 5 heteroatoms. The second-order valence-corrected chi connectivity index (χ2v) is 8.07. The molecule has 4 aromatic carbocycles. The van der Waals surface area contributed by atoms with Gasteiger partial charge in [0.15, 0.2) is 0 Å². The van der Waals surface area contributed by atoms with Crippen molar-refractivity contribution < 1.29 is 9.59 Å². The van der Waals surface area contributed by atoms with E-state index in [9.17, 15) is 9.59 Å². The lowest BCUT2D eigenvalue weighted by Gasteiger charge is -2.10. The Kier molecular flexibility index (Phi) is 5.99. The van der Waals surface area contributed by atoms with Gasteiger partial charge in [-0.2, -0.15) is 0 Å². The summed E-state index contributed by atoms with van der Waals surface area (Å²) in [4.78, 5) is 29.7. The number of rotatable bonds is 6. The van der Waals surface area contributed by atoms with E-state index in [4.69, 9.17) is 0 Å². The number of hydrogen-bond donors (Lipinski definition) is 2. The molecule has 0 saturated carbocycles. The smallest absolute Gasteiger partial charge is 0.270 e. The lowest BCUT2D eigenvalue weighted by molar-refractivity contribution is 0.0946. The molecule has 0 bridgehead atoms. The number of aromatic nitrogens is 1. The third kappa shape index (κ3) is 4.50. The van der Waals surface area contributed by atoms with E-state index in [0.29, 0.717) is 18.7 Å². The van der Waals surface area contributed by atoms with Gasteiger partial charge < -0.3 is 10.6 Å². The van der Waals surface area contributed by atoms with Crippen LogP contribution in [0, 0.1) is 0 Å². The van der Waals surface area contributed by atoms with Gasteiger partial charge >= 0.3 is 0 Å². The summed E-state index contributed by atoms with van der Waals surface area (Å²) in [5.74, 6) is -0.574. The van der Waals surface area contributed by atoms with Crippen molar-refractivity contribution in [3.63, 3.8) is 0 Å². The van der Waals surface area contributed by atoms with Crippen molar-refractivity contribution in [3.05, 3.63) is 126 Å². The Morgan fingerprint density at radius 1 is 0.618 bits per heavy atom. The minimum atomic E-state index is -0.323. The van der Waals surface area contributed by atoms with E-state index in [1.165, 1.54) is 12.3 Å². The zero-order chi connectivity index (χ0) is 23.3. The van der Waals surface area contributed by atoms with Gasteiger partial charge in [-0.15, -0.1) is 0 Å². The van der Waals surface area contributed by atoms with Crippen LogP contribution in [0.1, 0.15) is 32.0 Å². The molecule has 2 N–H and O–H groups in total. The van der Waals surface area contributed by atoms with Gasteiger partial charge in [0.05, 0.1) is 0 Å². The molecule has 0 saturated heterocycles. The van der Waals surface area contributed by atoms with E-state index in [0.717, 1.165) is 32.7 Å². The monoisotopic (exact) mass is 445 g/mol. The first-order chi connectivity index (χ1) is 16.7. The topological polar surface area (TPSA) is 71.1 Å². The van der Waals surface area contributed by atoms with Crippen molar-refractivity contribution >= 4 is 33.4 Å². The van der Waals surface area contributed by atoms with Gasteiger partial charge in [-0.25, -0.2) is 0 Å². The quantitative estimate of drug-likeness (QED) is 0.375. The van der Waals surface area contributed by atoms with Crippen LogP contribution in [0.5, 0.6) is 0 Å². The summed E-state index contributed by atoms with van der Waals surface area (Å²) in [5, 5.41) is 10.3. The zero-order valence-electron chi connectivity index (χ0n) is 18.5. The molecular formula is C29H23N3O2. The number of nitrogens with zero attached hydrogens (tertiary/aromatic N) is 1. The molecule has 0 aliphatic carbocycles. The molecule has 1 heterocycles. The van der Waals surface area contributed by atoms with Crippen LogP contribution in [-0.2, 0) is 13.1 Å². The fourth-order valence-corrected chi connectivity index (χ4v) is 4.13. The molecule has 0 spiro atoms. The van der Waals surface area contributed by atoms with Crippen molar-refractivity contribution in [2.24, 2.45) is 0 Å². The van der Waals surface area contributed by atoms with Crippen LogP contribution >= 0.6 is 0 Å². The molecule has 0 aliphatic heterocycles. The first-order valence-corrected chi connectivity index (χ1v) is 11.1. The van der Waals surface area contributed by atoms with Gasteiger partial charge in [0.2, 0.25) is 0 Å². The van der Waals surface area contributed by atoms with Crippen LogP contribution in [0.25, 0.3) is 21.5 Å². The molecule has 2 amide bonds. The molecule has 5 nitrogen and oxygen atoms in total. The molecule has 1 aromatic heterocycles. The van der Waals surface area contributed by atoms with Gasteiger partial charge in [-0.1, -0.05) is 84.9 Å². The van der Waals surface area contributed by atoms with Crippen molar-refractivity contribution in [2.75, 3.05) is 0 Å². The van der Waals surface area contributed by atoms with Crippen LogP contribution in [0.15, 0.2) is 103 Å². The molecule has 0 unspecified atom stereocenters. The summed E-state index contributed by atoms with van der Waals surface area (Å²) in [7, 11) is 0. The highest BCUT2D eigenvalue weighted by molar-refractivity contribution is 5.99. The summed E-state index contributed by atoms with van der Waals surface area (Å²) in [6.45, 7) is 0.768. The molecule has 0 fully saturated rings. The highest BCUT2D eigenvalue weighted by atomic mass is 16.2. The maximum atomic E-state index is 12.8.